The van der Waals surface area contributed by atoms with E-state index >= 15 is 0 Å². The molecule has 0 fully saturated rings. The van der Waals surface area contributed by atoms with Crippen LogP contribution >= 0.6 is 0 Å². The summed E-state index contributed by atoms with van der Waals surface area (Å²) >= 11 is 0. The van der Waals surface area contributed by atoms with Gasteiger partial charge < -0.3 is 11.1 Å². The minimum Gasteiger partial charge on any atom is -0.399 e. The van der Waals surface area contributed by atoms with Crippen LogP contribution in [0, 0.1) is 0 Å². The van der Waals surface area contributed by atoms with Crippen molar-refractivity contribution < 1.29 is 13.2 Å². The Balaban J connectivity index is 2.35. The number of benzene rings is 1. The molecule has 3 N–H and O–H groups in total. The molecule has 5 heteroatoms. The summed E-state index contributed by atoms with van der Waals surface area (Å²) in [5, 5.41) is 2.65. The van der Waals surface area contributed by atoms with Gasteiger partial charge in [-0.3, -0.25) is 0 Å². The van der Waals surface area contributed by atoms with E-state index in [4.69, 9.17) is 5.73 Å². The number of nitrogens with one attached hydrogen (secondary N) is 1. The lowest BCUT2D eigenvalue weighted by Crippen LogP contribution is -2.14. The molecule has 0 bridgehead atoms. The molecule has 0 aliphatic rings. The van der Waals surface area contributed by atoms with Gasteiger partial charge in [0, 0.05) is 17.9 Å². The van der Waals surface area contributed by atoms with Gasteiger partial charge in [0.1, 0.15) is 0 Å². The fourth-order valence-electron chi connectivity index (χ4n) is 0.950. The molecule has 0 amide bonds. The van der Waals surface area contributed by atoms with Crippen molar-refractivity contribution in [2.24, 2.45) is 0 Å². The van der Waals surface area contributed by atoms with Gasteiger partial charge in [-0.05, 0) is 24.3 Å². The molecule has 0 spiro atoms. The summed E-state index contributed by atoms with van der Waals surface area (Å²) in [6.45, 7) is -0.118. The number of alkyl halides is 3. The van der Waals surface area contributed by atoms with E-state index in [2.05, 4.69) is 5.32 Å². The van der Waals surface area contributed by atoms with Crippen LogP contribution in [0.2, 0.25) is 0 Å². The van der Waals surface area contributed by atoms with Crippen molar-refractivity contribution in [1.29, 1.82) is 0 Å². The van der Waals surface area contributed by atoms with Crippen LogP contribution in [-0.4, -0.2) is 12.7 Å². The summed E-state index contributed by atoms with van der Waals surface area (Å²) < 4.78 is 35.3. The number of halogens is 3. The summed E-state index contributed by atoms with van der Waals surface area (Å²) in [5.74, 6) is 0. The number of anilines is 2. The third kappa shape index (κ3) is 4.02. The molecule has 0 aliphatic heterocycles. The Morgan fingerprint density at radius 2 is 1.71 bits per heavy atom. The Hall–Kier alpha value is -1.39. The lowest BCUT2D eigenvalue weighted by Gasteiger charge is -2.08. The minimum atomic E-state index is -4.11. The fraction of sp³-hybridized carbons (Fsp3) is 0.333. The average Bonchev–Trinajstić information content (AvgIpc) is 2.06. The molecule has 0 heterocycles. The van der Waals surface area contributed by atoms with Gasteiger partial charge in [-0.1, -0.05) is 0 Å². The molecule has 14 heavy (non-hydrogen) atoms. The van der Waals surface area contributed by atoms with Crippen LogP contribution in [0.25, 0.3) is 0 Å². The van der Waals surface area contributed by atoms with E-state index in [9.17, 15) is 13.2 Å². The molecule has 0 aromatic heterocycles. The molecule has 0 saturated carbocycles. The largest absolute Gasteiger partial charge is 0.399 e. The van der Waals surface area contributed by atoms with E-state index in [0.29, 0.717) is 11.4 Å². The third-order valence-corrected chi connectivity index (χ3v) is 1.65. The summed E-state index contributed by atoms with van der Waals surface area (Å²) in [6, 6.07) is 6.56. The Bertz CT molecular complexity index is 279. The number of hydrogen-bond donors (Lipinski definition) is 2. The van der Waals surface area contributed by atoms with Crippen molar-refractivity contribution in [2.45, 2.75) is 12.6 Å². The zero-order valence-corrected chi connectivity index (χ0v) is 7.43. The van der Waals surface area contributed by atoms with Gasteiger partial charge >= 0.3 is 6.18 Å². The van der Waals surface area contributed by atoms with Crippen LogP contribution in [0.5, 0.6) is 0 Å². The fourth-order valence-corrected chi connectivity index (χ4v) is 0.950. The van der Waals surface area contributed by atoms with Crippen LogP contribution in [0.3, 0.4) is 0 Å². The molecule has 0 radical (unpaired) electrons. The summed E-state index contributed by atoms with van der Waals surface area (Å²) in [6.07, 6.45) is -4.95. The van der Waals surface area contributed by atoms with Crippen molar-refractivity contribution in [3.05, 3.63) is 24.3 Å². The first-order valence-electron chi connectivity index (χ1n) is 4.13. The molecule has 78 valence electrons. The SMILES string of the molecule is Nc1ccc(NCCC(F)(F)F)cc1. The molecule has 1 aromatic rings. The second kappa shape index (κ2) is 4.21. The van der Waals surface area contributed by atoms with Crippen molar-refractivity contribution in [2.75, 3.05) is 17.6 Å². The Morgan fingerprint density at radius 3 is 2.21 bits per heavy atom. The maximum Gasteiger partial charge on any atom is 0.390 e. The zero-order valence-electron chi connectivity index (χ0n) is 7.43. The quantitative estimate of drug-likeness (QED) is 0.743. The molecule has 0 unspecified atom stereocenters. The van der Waals surface area contributed by atoms with Crippen LogP contribution in [-0.2, 0) is 0 Å². The molecule has 0 saturated heterocycles. The highest BCUT2D eigenvalue weighted by Gasteiger charge is 2.25. The van der Waals surface area contributed by atoms with Crippen LogP contribution < -0.4 is 11.1 Å². The maximum atomic E-state index is 11.8. The highest BCUT2D eigenvalue weighted by molar-refractivity contribution is 5.51. The highest BCUT2D eigenvalue weighted by atomic mass is 19.4. The lowest BCUT2D eigenvalue weighted by molar-refractivity contribution is -0.131. The molecule has 0 aliphatic carbocycles. The van der Waals surface area contributed by atoms with E-state index in [-0.39, 0.29) is 6.54 Å². The first-order chi connectivity index (χ1) is 6.47. The van der Waals surface area contributed by atoms with Crippen molar-refractivity contribution in [3.8, 4) is 0 Å². The third-order valence-electron chi connectivity index (χ3n) is 1.65. The van der Waals surface area contributed by atoms with Crippen molar-refractivity contribution in [1.82, 2.24) is 0 Å². The van der Waals surface area contributed by atoms with Crippen molar-refractivity contribution in [3.63, 3.8) is 0 Å². The molecular formula is C9H11F3N2. The van der Waals surface area contributed by atoms with Crippen LogP contribution in [0.15, 0.2) is 24.3 Å². The first kappa shape index (κ1) is 10.7. The lowest BCUT2D eigenvalue weighted by atomic mass is 10.3. The number of rotatable bonds is 3. The number of hydrogen-bond acceptors (Lipinski definition) is 2. The first-order valence-corrected chi connectivity index (χ1v) is 4.13. The molecular weight excluding hydrogens is 193 g/mol. The second-order valence-corrected chi connectivity index (χ2v) is 2.91. The monoisotopic (exact) mass is 204 g/mol. The van der Waals surface area contributed by atoms with Crippen molar-refractivity contribution >= 4 is 11.4 Å². The van der Waals surface area contributed by atoms with Gasteiger partial charge in [0.15, 0.2) is 0 Å². The minimum absolute atomic E-state index is 0.118. The number of nitrogen functional groups attached to an aromatic ring is 1. The topological polar surface area (TPSA) is 38.0 Å². The number of nitrogens with two attached hydrogens (primary N) is 1. The Labute approximate surface area is 79.9 Å². The highest BCUT2D eigenvalue weighted by Crippen LogP contribution is 2.19. The standard InChI is InChI=1S/C9H11F3N2/c10-9(11,12)5-6-14-8-3-1-7(13)2-4-8/h1-4,14H,5-6,13H2. The van der Waals surface area contributed by atoms with Gasteiger partial charge in [0.05, 0.1) is 6.42 Å². The van der Waals surface area contributed by atoms with Gasteiger partial charge in [0.2, 0.25) is 0 Å². The predicted molar refractivity (Wildman–Crippen MR) is 50.0 cm³/mol. The van der Waals surface area contributed by atoms with E-state index in [0.717, 1.165) is 0 Å². The van der Waals surface area contributed by atoms with Crippen LogP contribution in [0.1, 0.15) is 6.42 Å². The maximum absolute atomic E-state index is 11.8. The van der Waals surface area contributed by atoms with Gasteiger partial charge in [0.25, 0.3) is 0 Å². The van der Waals surface area contributed by atoms with E-state index < -0.39 is 12.6 Å². The molecule has 1 rings (SSSR count). The van der Waals surface area contributed by atoms with E-state index in [1.54, 1.807) is 24.3 Å². The normalized spacial score (nSPS) is 11.4. The van der Waals surface area contributed by atoms with Crippen LogP contribution in [0.4, 0.5) is 24.5 Å². The van der Waals surface area contributed by atoms with E-state index in [1.807, 2.05) is 0 Å². The van der Waals surface area contributed by atoms with Gasteiger partial charge in [-0.2, -0.15) is 13.2 Å². The Morgan fingerprint density at radius 1 is 1.14 bits per heavy atom. The summed E-state index contributed by atoms with van der Waals surface area (Å²) in [4.78, 5) is 0. The summed E-state index contributed by atoms with van der Waals surface area (Å²) in [7, 11) is 0. The molecule has 0 atom stereocenters. The van der Waals surface area contributed by atoms with Gasteiger partial charge in [-0.25, -0.2) is 0 Å². The molecule has 2 nitrogen and oxygen atoms in total. The van der Waals surface area contributed by atoms with Gasteiger partial charge in [-0.15, -0.1) is 0 Å². The Kier molecular flexibility index (Phi) is 3.22. The van der Waals surface area contributed by atoms with E-state index in [1.165, 1.54) is 0 Å². The smallest absolute Gasteiger partial charge is 0.390 e. The molecule has 1 aromatic carbocycles. The average molecular weight is 204 g/mol. The second-order valence-electron chi connectivity index (χ2n) is 2.91. The summed E-state index contributed by atoms with van der Waals surface area (Å²) in [5.41, 5.74) is 6.65. The zero-order chi connectivity index (χ0) is 10.6. The predicted octanol–water partition coefficient (Wildman–Crippen LogP) is 2.63.